The van der Waals surface area contributed by atoms with Crippen LogP contribution in [0.25, 0.3) is 0 Å². The first-order valence-electron chi connectivity index (χ1n) is 8.81. The summed E-state index contributed by atoms with van der Waals surface area (Å²) in [4.78, 5) is 5.37. The van der Waals surface area contributed by atoms with Crippen LogP contribution in [0.1, 0.15) is 59.3 Å². The van der Waals surface area contributed by atoms with E-state index in [9.17, 15) is 0 Å². The van der Waals surface area contributed by atoms with Gasteiger partial charge < -0.3 is 10.6 Å². The van der Waals surface area contributed by atoms with Crippen LogP contribution in [0.3, 0.4) is 0 Å². The van der Waals surface area contributed by atoms with Gasteiger partial charge in [0.1, 0.15) is 0 Å². The lowest BCUT2D eigenvalue weighted by atomic mass is 9.81. The second kappa shape index (κ2) is 6.76. The number of hydrogen-bond donors (Lipinski definition) is 1. The van der Waals surface area contributed by atoms with Gasteiger partial charge in [0.2, 0.25) is 0 Å². The van der Waals surface area contributed by atoms with Gasteiger partial charge in [-0.05, 0) is 70.1 Å². The molecule has 0 spiro atoms. The van der Waals surface area contributed by atoms with Crippen molar-refractivity contribution in [2.75, 3.05) is 39.3 Å². The molecule has 2 aliphatic rings. The molecule has 2 N–H and O–H groups in total. The van der Waals surface area contributed by atoms with Crippen LogP contribution in [0.5, 0.6) is 0 Å². The number of rotatable bonds is 5. The van der Waals surface area contributed by atoms with E-state index >= 15 is 0 Å². The molecule has 2 fully saturated rings. The average Bonchev–Trinajstić information content (AvgIpc) is 2.82. The van der Waals surface area contributed by atoms with E-state index in [4.69, 9.17) is 5.73 Å². The number of nitrogens with two attached hydrogens (primary N) is 1. The summed E-state index contributed by atoms with van der Waals surface area (Å²) in [5.41, 5.74) is 7.14. The molecule has 0 aromatic heterocycles. The van der Waals surface area contributed by atoms with Crippen LogP contribution in [0.15, 0.2) is 0 Å². The Bertz CT molecular complexity index is 301. The zero-order valence-corrected chi connectivity index (χ0v) is 14.0. The van der Waals surface area contributed by atoms with E-state index in [0.29, 0.717) is 5.41 Å². The maximum Gasteiger partial charge on any atom is 0.0344 e. The van der Waals surface area contributed by atoms with E-state index in [-0.39, 0.29) is 5.54 Å². The monoisotopic (exact) mass is 281 g/mol. The molecule has 2 aliphatic heterocycles. The Morgan fingerprint density at radius 3 is 2.25 bits per heavy atom. The molecule has 1 atom stereocenters. The molecule has 0 saturated carbocycles. The van der Waals surface area contributed by atoms with Gasteiger partial charge in [0.15, 0.2) is 0 Å². The Hall–Kier alpha value is -0.120. The number of likely N-dealkylation sites (tertiary alicyclic amines) is 2. The fraction of sp³-hybridized carbons (Fsp3) is 1.00. The predicted molar refractivity (Wildman–Crippen MR) is 87.0 cm³/mol. The first kappa shape index (κ1) is 16.3. The first-order valence-corrected chi connectivity index (χ1v) is 8.81. The highest BCUT2D eigenvalue weighted by molar-refractivity contribution is 5.00. The van der Waals surface area contributed by atoms with Gasteiger partial charge in [-0.3, -0.25) is 4.90 Å². The topological polar surface area (TPSA) is 32.5 Å². The van der Waals surface area contributed by atoms with Crippen LogP contribution < -0.4 is 5.73 Å². The molecule has 0 amide bonds. The summed E-state index contributed by atoms with van der Waals surface area (Å²) >= 11 is 0. The Morgan fingerprint density at radius 2 is 1.70 bits per heavy atom. The lowest BCUT2D eigenvalue weighted by Crippen LogP contribution is -2.54. The summed E-state index contributed by atoms with van der Waals surface area (Å²) in [7, 11) is 0. The fourth-order valence-corrected chi connectivity index (χ4v) is 4.37. The van der Waals surface area contributed by atoms with Crippen molar-refractivity contribution in [3.63, 3.8) is 0 Å². The normalized spacial score (nSPS) is 32.4. The third kappa shape index (κ3) is 3.05. The quantitative estimate of drug-likeness (QED) is 0.841. The molecule has 2 rings (SSSR count). The van der Waals surface area contributed by atoms with Gasteiger partial charge >= 0.3 is 0 Å². The van der Waals surface area contributed by atoms with Crippen molar-refractivity contribution in [1.29, 1.82) is 0 Å². The van der Waals surface area contributed by atoms with Crippen molar-refractivity contribution in [1.82, 2.24) is 9.80 Å². The molecule has 0 radical (unpaired) electrons. The van der Waals surface area contributed by atoms with Gasteiger partial charge in [0.25, 0.3) is 0 Å². The minimum Gasteiger partial charge on any atom is -0.329 e. The highest BCUT2D eigenvalue weighted by Gasteiger charge is 2.44. The molecule has 3 heteroatoms. The summed E-state index contributed by atoms with van der Waals surface area (Å²) in [5, 5.41) is 0. The maximum atomic E-state index is 6.29. The van der Waals surface area contributed by atoms with Crippen LogP contribution in [-0.2, 0) is 0 Å². The lowest BCUT2D eigenvalue weighted by molar-refractivity contribution is 0.0872. The van der Waals surface area contributed by atoms with Crippen molar-refractivity contribution in [3.05, 3.63) is 0 Å². The van der Waals surface area contributed by atoms with Crippen LogP contribution in [-0.4, -0.2) is 54.6 Å². The molecular formula is C17H35N3. The summed E-state index contributed by atoms with van der Waals surface area (Å²) < 4.78 is 0. The summed E-state index contributed by atoms with van der Waals surface area (Å²) in [6.07, 6.45) is 7.89. The van der Waals surface area contributed by atoms with E-state index in [1.807, 2.05) is 0 Å². The third-order valence-electron chi connectivity index (χ3n) is 6.45. The number of nitrogens with zero attached hydrogens (tertiary/aromatic N) is 2. The molecule has 0 bridgehead atoms. The molecule has 0 aromatic rings. The zero-order valence-electron chi connectivity index (χ0n) is 14.0. The molecule has 2 saturated heterocycles. The Balaban J connectivity index is 2.08. The Labute approximate surface area is 125 Å². The van der Waals surface area contributed by atoms with Crippen molar-refractivity contribution < 1.29 is 0 Å². The molecule has 1 unspecified atom stereocenters. The number of hydrogen-bond acceptors (Lipinski definition) is 3. The van der Waals surface area contributed by atoms with Gasteiger partial charge in [-0.1, -0.05) is 20.8 Å². The summed E-state index contributed by atoms with van der Waals surface area (Å²) in [6, 6.07) is 0. The predicted octanol–water partition coefficient (Wildman–Crippen LogP) is 2.70. The van der Waals surface area contributed by atoms with E-state index in [1.165, 1.54) is 71.2 Å². The van der Waals surface area contributed by atoms with Crippen molar-refractivity contribution in [3.8, 4) is 0 Å². The first-order chi connectivity index (χ1) is 9.63. The van der Waals surface area contributed by atoms with Crippen LogP contribution >= 0.6 is 0 Å². The van der Waals surface area contributed by atoms with E-state index in [1.54, 1.807) is 0 Å². The largest absolute Gasteiger partial charge is 0.329 e. The van der Waals surface area contributed by atoms with Crippen LogP contribution in [0.4, 0.5) is 0 Å². The van der Waals surface area contributed by atoms with Crippen molar-refractivity contribution in [2.45, 2.75) is 64.8 Å². The fourth-order valence-electron chi connectivity index (χ4n) is 4.37. The van der Waals surface area contributed by atoms with E-state index in [2.05, 4.69) is 30.6 Å². The van der Waals surface area contributed by atoms with Gasteiger partial charge in [-0.2, -0.15) is 0 Å². The van der Waals surface area contributed by atoms with Gasteiger partial charge in [0, 0.05) is 18.6 Å². The molecule has 118 valence electrons. The zero-order chi connectivity index (χ0) is 14.6. The second-order valence-electron chi connectivity index (χ2n) is 7.09. The van der Waals surface area contributed by atoms with Crippen LogP contribution in [0.2, 0.25) is 0 Å². The van der Waals surface area contributed by atoms with Crippen LogP contribution in [0, 0.1) is 5.41 Å². The van der Waals surface area contributed by atoms with Crippen molar-refractivity contribution >= 4 is 0 Å². The summed E-state index contributed by atoms with van der Waals surface area (Å²) in [6.45, 7) is 14.1. The molecule has 0 aromatic carbocycles. The molecule has 2 heterocycles. The minimum absolute atomic E-state index is 0.288. The van der Waals surface area contributed by atoms with E-state index in [0.717, 1.165) is 6.54 Å². The Morgan fingerprint density at radius 1 is 0.950 bits per heavy atom. The minimum atomic E-state index is 0.288. The standard InChI is InChI=1S/C17H35N3/c1-4-16(5-2)9-13-20(15-16)17(14-18)8-7-11-19(6-3)12-10-17/h4-15,18H2,1-3H3. The molecular weight excluding hydrogens is 246 g/mol. The van der Waals surface area contributed by atoms with E-state index < -0.39 is 0 Å². The summed E-state index contributed by atoms with van der Waals surface area (Å²) in [5.74, 6) is 0. The Kier molecular flexibility index (Phi) is 5.49. The molecule has 20 heavy (non-hydrogen) atoms. The van der Waals surface area contributed by atoms with Gasteiger partial charge in [-0.15, -0.1) is 0 Å². The van der Waals surface area contributed by atoms with Gasteiger partial charge in [-0.25, -0.2) is 0 Å². The SMILES string of the molecule is CCN1CCCC(CN)(N2CCC(CC)(CC)C2)CC1. The van der Waals surface area contributed by atoms with Crippen molar-refractivity contribution in [2.24, 2.45) is 11.1 Å². The molecule has 0 aliphatic carbocycles. The second-order valence-corrected chi connectivity index (χ2v) is 7.09. The average molecular weight is 281 g/mol. The highest BCUT2D eigenvalue weighted by atomic mass is 15.2. The van der Waals surface area contributed by atoms with Gasteiger partial charge in [0.05, 0.1) is 0 Å². The third-order valence-corrected chi connectivity index (χ3v) is 6.45. The molecule has 3 nitrogen and oxygen atoms in total. The highest BCUT2D eigenvalue weighted by Crippen LogP contribution is 2.42. The maximum absolute atomic E-state index is 6.29. The lowest BCUT2D eigenvalue weighted by Gasteiger charge is -2.42. The smallest absolute Gasteiger partial charge is 0.0344 e.